The third kappa shape index (κ3) is 3.60. The number of nitrogens with one attached hydrogen (secondary N) is 1. The molecule has 0 bridgehead atoms. The first-order valence-corrected chi connectivity index (χ1v) is 12.1. The van der Waals surface area contributed by atoms with Crippen LogP contribution in [-0.4, -0.2) is 46.7 Å². The highest BCUT2D eigenvalue weighted by molar-refractivity contribution is 8.00. The number of thioether (sulfide) groups is 1. The van der Waals surface area contributed by atoms with Crippen LogP contribution in [0.2, 0.25) is 0 Å². The van der Waals surface area contributed by atoms with Crippen LogP contribution in [0.25, 0.3) is 0 Å². The highest BCUT2D eigenvalue weighted by atomic mass is 32.2. The Morgan fingerprint density at radius 3 is 1.78 bits per heavy atom. The summed E-state index contributed by atoms with van der Waals surface area (Å²) in [5.74, 6) is 1.13. The Hall–Kier alpha value is -2.73. The first-order valence-electron chi connectivity index (χ1n) is 11.0. The number of ketones is 2. The van der Waals surface area contributed by atoms with Crippen LogP contribution in [0.1, 0.15) is 23.1 Å². The van der Waals surface area contributed by atoms with E-state index in [9.17, 15) is 9.59 Å². The van der Waals surface area contributed by atoms with Crippen molar-refractivity contribution in [2.45, 2.75) is 23.4 Å². The van der Waals surface area contributed by atoms with E-state index in [2.05, 4.69) is 46.6 Å². The largest absolute Gasteiger partial charge is 0.298 e. The lowest BCUT2D eigenvalue weighted by atomic mass is 9.75. The van der Waals surface area contributed by atoms with E-state index < -0.39 is 11.6 Å². The van der Waals surface area contributed by atoms with E-state index in [1.165, 1.54) is 0 Å². The average Bonchev–Trinajstić information content (AvgIpc) is 3.52. The number of rotatable bonds is 6. The summed E-state index contributed by atoms with van der Waals surface area (Å²) >= 11 is 1.64. The minimum Gasteiger partial charge on any atom is -0.298 e. The van der Waals surface area contributed by atoms with E-state index in [1.54, 1.807) is 11.8 Å². The maximum absolute atomic E-state index is 13.7. The van der Waals surface area contributed by atoms with E-state index in [0.717, 1.165) is 29.0 Å². The van der Waals surface area contributed by atoms with Crippen molar-refractivity contribution in [1.29, 1.82) is 0 Å². The second kappa shape index (κ2) is 9.02. The molecule has 0 saturated carbocycles. The maximum Gasteiger partial charge on any atom is 0.177 e. The molecule has 32 heavy (non-hydrogen) atoms. The summed E-state index contributed by atoms with van der Waals surface area (Å²) < 4.78 is 0. The molecule has 0 radical (unpaired) electrons. The molecule has 4 nitrogen and oxygen atoms in total. The molecule has 0 aromatic heterocycles. The van der Waals surface area contributed by atoms with Crippen molar-refractivity contribution in [3.63, 3.8) is 0 Å². The lowest BCUT2D eigenvalue weighted by Gasteiger charge is -2.46. The summed E-state index contributed by atoms with van der Waals surface area (Å²) in [6, 6.07) is 30.3. The van der Waals surface area contributed by atoms with Gasteiger partial charge in [-0.1, -0.05) is 91.0 Å². The Morgan fingerprint density at radius 1 is 0.844 bits per heavy atom. The Bertz CT molecular complexity index is 986. The van der Waals surface area contributed by atoms with Crippen molar-refractivity contribution in [2.75, 3.05) is 18.8 Å². The standard InChI is InChI=1S/C27H26N2O2S/c30-23-18-24(25(31)26-28-16-17-32-26)29(19-23)27(20-10-4-1-5-11-20,21-12-6-2-7-13-21)22-14-8-3-9-15-22/h1-15,24,26,28H,16-19H2. The Morgan fingerprint density at radius 2 is 1.34 bits per heavy atom. The molecular weight excluding hydrogens is 416 g/mol. The zero-order valence-corrected chi connectivity index (χ0v) is 18.6. The SMILES string of the molecule is O=C1CC(C(=O)C2NCCS2)N(C(c2ccccc2)(c2ccccc2)c2ccccc2)C1. The first-order chi connectivity index (χ1) is 15.7. The lowest BCUT2D eigenvalue weighted by Crippen LogP contribution is -2.55. The first kappa shape index (κ1) is 21.1. The second-order valence-electron chi connectivity index (χ2n) is 8.30. The Kier molecular flexibility index (Phi) is 5.96. The van der Waals surface area contributed by atoms with Crippen molar-refractivity contribution >= 4 is 23.3 Å². The maximum atomic E-state index is 13.7. The number of likely N-dealkylation sites (tertiary alicyclic amines) is 1. The van der Waals surface area contributed by atoms with E-state index in [-0.39, 0.29) is 29.9 Å². The third-order valence-corrected chi connectivity index (χ3v) is 7.62. The summed E-state index contributed by atoms with van der Waals surface area (Å²) in [6.07, 6.45) is 0.256. The molecule has 2 aliphatic heterocycles. The number of benzene rings is 3. The molecule has 5 heteroatoms. The van der Waals surface area contributed by atoms with Gasteiger partial charge in [0.2, 0.25) is 0 Å². The molecule has 3 aromatic rings. The van der Waals surface area contributed by atoms with Gasteiger partial charge in [-0.15, -0.1) is 11.8 Å². The lowest BCUT2D eigenvalue weighted by molar-refractivity contribution is -0.124. The van der Waals surface area contributed by atoms with Crippen molar-refractivity contribution in [3.8, 4) is 0 Å². The monoisotopic (exact) mass is 442 g/mol. The van der Waals surface area contributed by atoms with Crippen molar-refractivity contribution < 1.29 is 9.59 Å². The Balaban J connectivity index is 1.75. The van der Waals surface area contributed by atoms with E-state index >= 15 is 0 Å². The molecule has 2 aliphatic rings. The highest BCUT2D eigenvalue weighted by Gasteiger charge is 2.52. The number of carbonyl (C=O) groups is 2. The van der Waals surface area contributed by atoms with Gasteiger partial charge in [0.05, 0.1) is 18.1 Å². The van der Waals surface area contributed by atoms with Gasteiger partial charge in [-0.3, -0.25) is 19.8 Å². The zero-order valence-electron chi connectivity index (χ0n) is 17.8. The van der Waals surface area contributed by atoms with Crippen molar-refractivity contribution in [2.24, 2.45) is 0 Å². The number of hydrogen-bond donors (Lipinski definition) is 1. The van der Waals surface area contributed by atoms with Crippen LogP contribution in [0.5, 0.6) is 0 Å². The van der Waals surface area contributed by atoms with Crippen LogP contribution in [0.4, 0.5) is 0 Å². The van der Waals surface area contributed by atoms with Gasteiger partial charge in [-0.05, 0) is 16.7 Å². The molecule has 2 saturated heterocycles. The normalized spacial score (nSPS) is 21.7. The number of hydrogen-bond acceptors (Lipinski definition) is 5. The molecule has 2 fully saturated rings. The van der Waals surface area contributed by atoms with Crippen LogP contribution in [0, 0.1) is 0 Å². The molecule has 1 N–H and O–H groups in total. The number of nitrogens with zero attached hydrogens (tertiary/aromatic N) is 1. The highest BCUT2D eigenvalue weighted by Crippen LogP contribution is 2.46. The number of Topliss-reactive ketones (excluding diaryl/α,β-unsaturated/α-hetero) is 2. The molecule has 3 aromatic carbocycles. The van der Waals surface area contributed by atoms with Crippen LogP contribution >= 0.6 is 11.8 Å². The number of carbonyl (C=O) groups excluding carboxylic acids is 2. The van der Waals surface area contributed by atoms with Crippen LogP contribution in [0.15, 0.2) is 91.0 Å². The fourth-order valence-corrected chi connectivity index (χ4v) is 6.14. The van der Waals surface area contributed by atoms with Crippen LogP contribution in [-0.2, 0) is 15.1 Å². The predicted octanol–water partition coefficient (Wildman–Crippen LogP) is 3.85. The van der Waals surface area contributed by atoms with Crippen LogP contribution in [0.3, 0.4) is 0 Å². The van der Waals surface area contributed by atoms with Gasteiger partial charge < -0.3 is 0 Å². The Labute approximate surface area is 193 Å². The smallest absolute Gasteiger partial charge is 0.177 e. The van der Waals surface area contributed by atoms with E-state index in [4.69, 9.17) is 0 Å². The molecule has 2 heterocycles. The molecule has 2 unspecified atom stereocenters. The minimum absolute atomic E-state index is 0.102. The van der Waals surface area contributed by atoms with Crippen molar-refractivity contribution in [1.82, 2.24) is 10.2 Å². The zero-order chi connectivity index (χ0) is 22.0. The predicted molar refractivity (Wildman–Crippen MR) is 129 cm³/mol. The summed E-state index contributed by atoms with van der Waals surface area (Å²) in [4.78, 5) is 28.7. The second-order valence-corrected chi connectivity index (χ2v) is 9.52. The van der Waals surface area contributed by atoms with Gasteiger partial charge in [0.25, 0.3) is 0 Å². The van der Waals surface area contributed by atoms with Gasteiger partial charge in [-0.2, -0.15) is 0 Å². The molecule has 0 spiro atoms. The van der Waals surface area contributed by atoms with Gasteiger partial charge in [0.1, 0.15) is 11.2 Å². The van der Waals surface area contributed by atoms with Gasteiger partial charge in [-0.25, -0.2) is 0 Å². The molecule has 5 rings (SSSR count). The molecular formula is C27H26N2O2S. The third-order valence-electron chi connectivity index (χ3n) is 6.45. The topological polar surface area (TPSA) is 49.4 Å². The summed E-state index contributed by atoms with van der Waals surface area (Å²) in [6.45, 7) is 1.06. The molecule has 162 valence electrons. The summed E-state index contributed by atoms with van der Waals surface area (Å²) in [5, 5.41) is 3.06. The molecule has 0 amide bonds. The van der Waals surface area contributed by atoms with Crippen molar-refractivity contribution in [3.05, 3.63) is 108 Å². The van der Waals surface area contributed by atoms with Crippen LogP contribution < -0.4 is 5.32 Å². The molecule has 2 atom stereocenters. The quantitative estimate of drug-likeness (QED) is 0.588. The van der Waals surface area contributed by atoms with E-state index in [0.29, 0.717) is 0 Å². The van der Waals surface area contributed by atoms with Gasteiger partial charge in [0, 0.05) is 18.7 Å². The van der Waals surface area contributed by atoms with Gasteiger partial charge >= 0.3 is 0 Å². The fourth-order valence-electron chi connectivity index (χ4n) is 5.12. The summed E-state index contributed by atoms with van der Waals surface area (Å²) in [7, 11) is 0. The average molecular weight is 443 g/mol. The van der Waals surface area contributed by atoms with E-state index in [1.807, 2.05) is 54.6 Å². The summed E-state index contributed by atoms with van der Waals surface area (Å²) in [5.41, 5.74) is 2.41. The fraction of sp³-hybridized carbons (Fsp3) is 0.259. The van der Waals surface area contributed by atoms with Gasteiger partial charge in [0.15, 0.2) is 5.78 Å². The molecule has 0 aliphatic carbocycles. The minimum atomic E-state index is -0.750.